The Morgan fingerprint density at radius 3 is 2.13 bits per heavy atom. The summed E-state index contributed by atoms with van der Waals surface area (Å²) in [6.45, 7) is 14.9. The van der Waals surface area contributed by atoms with Crippen LogP contribution in [0.5, 0.6) is 0 Å². The van der Waals surface area contributed by atoms with E-state index in [-0.39, 0.29) is 11.0 Å². The molecule has 90 valence electrons. The maximum atomic E-state index is 11.7. The molecule has 0 saturated heterocycles. The third-order valence-corrected chi connectivity index (χ3v) is 7.74. The van der Waals surface area contributed by atoms with Crippen LogP contribution in [0.2, 0.25) is 18.1 Å². The Kier molecular flexibility index (Phi) is 5.04. The summed E-state index contributed by atoms with van der Waals surface area (Å²) in [5.74, 6) is 0.415. The molecule has 0 aromatic heterocycles. The molecule has 1 atom stereocenters. The monoisotopic (exact) mass is 230 g/mol. The van der Waals surface area contributed by atoms with E-state index in [1.807, 2.05) is 0 Å². The van der Waals surface area contributed by atoms with Gasteiger partial charge in [-0.25, -0.2) is 0 Å². The first-order chi connectivity index (χ1) is 6.60. The van der Waals surface area contributed by atoms with Gasteiger partial charge in [0.2, 0.25) is 0 Å². The molecule has 0 bridgehead atoms. The lowest BCUT2D eigenvalue weighted by Gasteiger charge is -2.35. The summed E-state index contributed by atoms with van der Waals surface area (Å²) in [4.78, 5) is 11.7. The SMILES string of the molecule is CCC(C)CC(=O)O[Si](C)(C)C(C)(C)C. The quantitative estimate of drug-likeness (QED) is 0.683. The molecule has 0 radical (unpaired) electrons. The van der Waals surface area contributed by atoms with E-state index in [0.29, 0.717) is 12.3 Å². The summed E-state index contributed by atoms with van der Waals surface area (Å²) in [5.41, 5.74) is 0. The van der Waals surface area contributed by atoms with Crippen LogP contribution >= 0.6 is 0 Å². The Morgan fingerprint density at radius 1 is 1.33 bits per heavy atom. The molecule has 0 aliphatic rings. The molecule has 0 aromatic rings. The van der Waals surface area contributed by atoms with Crippen molar-refractivity contribution >= 4 is 14.3 Å². The van der Waals surface area contributed by atoms with Crippen molar-refractivity contribution in [3.63, 3.8) is 0 Å². The third-order valence-electron chi connectivity index (χ3n) is 3.39. The Morgan fingerprint density at radius 2 is 1.80 bits per heavy atom. The zero-order valence-corrected chi connectivity index (χ0v) is 12.3. The summed E-state index contributed by atoms with van der Waals surface area (Å²) in [6.07, 6.45) is 1.59. The highest BCUT2D eigenvalue weighted by molar-refractivity contribution is 6.75. The van der Waals surface area contributed by atoms with E-state index >= 15 is 0 Å². The van der Waals surface area contributed by atoms with Crippen LogP contribution in [0.15, 0.2) is 0 Å². The number of hydrogen-bond donors (Lipinski definition) is 0. The van der Waals surface area contributed by atoms with Gasteiger partial charge in [-0.05, 0) is 24.1 Å². The lowest BCUT2D eigenvalue weighted by molar-refractivity contribution is -0.136. The molecule has 0 amide bonds. The number of rotatable bonds is 4. The van der Waals surface area contributed by atoms with Crippen LogP contribution in [-0.2, 0) is 9.22 Å². The summed E-state index contributed by atoms with van der Waals surface area (Å²) in [5, 5.41) is 0.109. The summed E-state index contributed by atoms with van der Waals surface area (Å²) in [6, 6.07) is 0. The maximum Gasteiger partial charge on any atom is 0.292 e. The average molecular weight is 230 g/mol. The highest BCUT2D eigenvalue weighted by Gasteiger charge is 2.40. The average Bonchev–Trinajstić information content (AvgIpc) is 2.00. The van der Waals surface area contributed by atoms with E-state index in [4.69, 9.17) is 4.43 Å². The zero-order valence-electron chi connectivity index (χ0n) is 11.3. The molecular weight excluding hydrogens is 204 g/mol. The molecule has 0 rings (SSSR count). The van der Waals surface area contributed by atoms with Crippen LogP contribution in [0.1, 0.15) is 47.5 Å². The molecular formula is C12H26O2Si. The van der Waals surface area contributed by atoms with E-state index in [2.05, 4.69) is 47.7 Å². The molecule has 0 heterocycles. The minimum Gasteiger partial charge on any atom is -0.519 e. The molecule has 0 aliphatic heterocycles. The highest BCUT2D eigenvalue weighted by atomic mass is 28.4. The van der Waals surface area contributed by atoms with Gasteiger partial charge in [0.25, 0.3) is 14.3 Å². The van der Waals surface area contributed by atoms with Crippen LogP contribution in [-0.4, -0.2) is 14.3 Å². The second-order valence-electron chi connectivity index (χ2n) is 5.95. The zero-order chi connectivity index (χ0) is 12.3. The first-order valence-electron chi connectivity index (χ1n) is 5.82. The largest absolute Gasteiger partial charge is 0.519 e. The Bertz CT molecular complexity index is 216. The van der Waals surface area contributed by atoms with Crippen LogP contribution in [0, 0.1) is 5.92 Å². The van der Waals surface area contributed by atoms with Crippen LogP contribution < -0.4 is 0 Å². The van der Waals surface area contributed by atoms with Gasteiger partial charge >= 0.3 is 0 Å². The lowest BCUT2D eigenvalue weighted by atomic mass is 10.1. The number of hydrogen-bond acceptors (Lipinski definition) is 2. The molecule has 15 heavy (non-hydrogen) atoms. The summed E-state index contributed by atoms with van der Waals surface area (Å²) >= 11 is 0. The van der Waals surface area contributed by atoms with Crippen molar-refractivity contribution < 1.29 is 9.22 Å². The molecule has 3 heteroatoms. The van der Waals surface area contributed by atoms with Gasteiger partial charge in [-0.1, -0.05) is 41.0 Å². The first-order valence-corrected chi connectivity index (χ1v) is 8.73. The van der Waals surface area contributed by atoms with Crippen LogP contribution in [0.4, 0.5) is 0 Å². The minimum absolute atomic E-state index is 0.0176. The predicted molar refractivity (Wildman–Crippen MR) is 67.4 cm³/mol. The van der Waals surface area contributed by atoms with Crippen molar-refractivity contribution in [3.8, 4) is 0 Å². The smallest absolute Gasteiger partial charge is 0.292 e. The lowest BCUT2D eigenvalue weighted by Crippen LogP contribution is -2.42. The van der Waals surface area contributed by atoms with E-state index in [1.54, 1.807) is 0 Å². The predicted octanol–water partition coefficient (Wildman–Crippen LogP) is 3.97. The number of carbonyl (C=O) groups is 1. The van der Waals surface area contributed by atoms with Gasteiger partial charge < -0.3 is 4.43 Å². The van der Waals surface area contributed by atoms with Crippen molar-refractivity contribution in [2.45, 2.75) is 65.6 Å². The Balaban J connectivity index is 4.29. The molecule has 2 nitrogen and oxygen atoms in total. The molecule has 0 spiro atoms. The van der Waals surface area contributed by atoms with Crippen LogP contribution in [0.3, 0.4) is 0 Å². The minimum atomic E-state index is -1.90. The van der Waals surface area contributed by atoms with Gasteiger partial charge in [-0.3, -0.25) is 4.79 Å². The van der Waals surface area contributed by atoms with Crippen molar-refractivity contribution in [2.75, 3.05) is 0 Å². The van der Waals surface area contributed by atoms with E-state index in [1.165, 1.54) is 0 Å². The topological polar surface area (TPSA) is 26.3 Å². The highest BCUT2D eigenvalue weighted by Crippen LogP contribution is 2.36. The van der Waals surface area contributed by atoms with E-state index in [9.17, 15) is 4.79 Å². The van der Waals surface area contributed by atoms with Gasteiger partial charge in [0, 0.05) is 6.42 Å². The summed E-state index contributed by atoms with van der Waals surface area (Å²) in [7, 11) is -1.90. The maximum absolute atomic E-state index is 11.7. The molecule has 0 saturated carbocycles. The Hall–Kier alpha value is -0.313. The van der Waals surface area contributed by atoms with Crippen molar-refractivity contribution in [1.82, 2.24) is 0 Å². The third kappa shape index (κ3) is 4.82. The van der Waals surface area contributed by atoms with E-state index < -0.39 is 8.32 Å². The van der Waals surface area contributed by atoms with Gasteiger partial charge in [0.15, 0.2) is 0 Å². The van der Waals surface area contributed by atoms with Gasteiger partial charge in [0.05, 0.1) is 0 Å². The normalized spacial score (nSPS) is 14.9. The van der Waals surface area contributed by atoms with Gasteiger partial charge in [0.1, 0.15) is 0 Å². The van der Waals surface area contributed by atoms with Crippen LogP contribution in [0.25, 0.3) is 0 Å². The standard InChI is InChI=1S/C12H26O2Si/c1-8-10(2)9-11(13)14-15(6,7)12(3,4)5/h10H,8-9H2,1-7H3. The molecule has 1 unspecified atom stereocenters. The summed E-state index contributed by atoms with van der Waals surface area (Å²) < 4.78 is 5.67. The second-order valence-corrected chi connectivity index (χ2v) is 10.7. The second kappa shape index (κ2) is 5.15. The first kappa shape index (κ1) is 14.7. The molecule has 0 fully saturated rings. The molecule has 0 aliphatic carbocycles. The van der Waals surface area contributed by atoms with Crippen molar-refractivity contribution in [2.24, 2.45) is 5.92 Å². The fourth-order valence-electron chi connectivity index (χ4n) is 0.908. The molecule has 0 aromatic carbocycles. The number of carbonyl (C=O) groups excluding carboxylic acids is 1. The van der Waals surface area contributed by atoms with Crippen molar-refractivity contribution in [1.29, 1.82) is 0 Å². The van der Waals surface area contributed by atoms with Gasteiger partial charge in [-0.2, -0.15) is 0 Å². The van der Waals surface area contributed by atoms with E-state index in [0.717, 1.165) is 6.42 Å². The fourth-order valence-corrected chi connectivity index (χ4v) is 1.87. The Labute approximate surface area is 95.5 Å². The fraction of sp³-hybridized carbons (Fsp3) is 0.917. The molecule has 0 N–H and O–H groups in total. The van der Waals surface area contributed by atoms with Gasteiger partial charge in [-0.15, -0.1) is 0 Å². The van der Waals surface area contributed by atoms with Crippen molar-refractivity contribution in [3.05, 3.63) is 0 Å².